The van der Waals surface area contributed by atoms with Gasteiger partial charge in [-0.15, -0.1) is 0 Å². The third kappa shape index (κ3) is 4.95. The summed E-state index contributed by atoms with van der Waals surface area (Å²) >= 11 is 0. The quantitative estimate of drug-likeness (QED) is 0.826. The van der Waals surface area contributed by atoms with Gasteiger partial charge in [-0.3, -0.25) is 9.59 Å². The minimum absolute atomic E-state index is 0.214. The second-order valence-corrected chi connectivity index (χ2v) is 4.97. The van der Waals surface area contributed by atoms with Crippen LogP contribution in [-0.4, -0.2) is 18.9 Å². The van der Waals surface area contributed by atoms with E-state index in [1.807, 2.05) is 0 Å². The van der Waals surface area contributed by atoms with E-state index in [0.717, 1.165) is 0 Å². The predicted octanol–water partition coefficient (Wildman–Crippen LogP) is 3.44. The molecule has 5 nitrogen and oxygen atoms in total. The molecule has 0 spiro atoms. The fraction of sp³-hybridized carbons (Fsp3) is 0.111. The summed E-state index contributed by atoms with van der Waals surface area (Å²) < 4.78 is 18.0. The van der Waals surface area contributed by atoms with Gasteiger partial charge in [-0.25, -0.2) is 4.39 Å². The normalized spacial score (nSPS) is 10.5. The van der Waals surface area contributed by atoms with Crippen molar-refractivity contribution in [1.29, 1.82) is 0 Å². The summed E-state index contributed by atoms with van der Waals surface area (Å²) in [5, 5.41) is 5.31. The highest BCUT2D eigenvalue weighted by atomic mass is 19.1. The average molecular weight is 328 g/mol. The standard InChI is InChI=1S/C18H17FN2O3/c1-12(22)20-15-8-9-17(24-2)16(11-15)21-18(23)10-5-13-3-6-14(19)7-4-13/h3-11H,1-2H3,(H,20,22)(H,21,23)/b10-5+. The van der Waals surface area contributed by atoms with Gasteiger partial charge in [0.15, 0.2) is 0 Å². The highest BCUT2D eigenvalue weighted by Gasteiger charge is 2.07. The third-order valence-corrected chi connectivity index (χ3v) is 3.07. The van der Waals surface area contributed by atoms with Crippen LogP contribution in [0.15, 0.2) is 48.5 Å². The van der Waals surface area contributed by atoms with Crippen LogP contribution in [-0.2, 0) is 9.59 Å². The van der Waals surface area contributed by atoms with Crippen molar-refractivity contribution in [2.24, 2.45) is 0 Å². The molecule has 0 atom stereocenters. The van der Waals surface area contributed by atoms with Crippen molar-refractivity contribution in [3.8, 4) is 5.75 Å². The smallest absolute Gasteiger partial charge is 0.248 e. The Morgan fingerprint density at radius 2 is 1.79 bits per heavy atom. The Bertz CT molecular complexity index is 770. The second kappa shape index (κ2) is 7.92. The number of hydrogen-bond donors (Lipinski definition) is 2. The molecule has 0 heterocycles. The molecule has 2 aromatic carbocycles. The van der Waals surface area contributed by atoms with Crippen LogP contribution in [0, 0.1) is 5.82 Å². The number of methoxy groups -OCH3 is 1. The molecule has 6 heteroatoms. The van der Waals surface area contributed by atoms with Crippen LogP contribution in [0.1, 0.15) is 12.5 Å². The van der Waals surface area contributed by atoms with Crippen molar-refractivity contribution in [1.82, 2.24) is 0 Å². The van der Waals surface area contributed by atoms with E-state index in [4.69, 9.17) is 4.74 Å². The van der Waals surface area contributed by atoms with Gasteiger partial charge in [0.2, 0.25) is 11.8 Å². The lowest BCUT2D eigenvalue weighted by Gasteiger charge is -2.11. The number of carbonyl (C=O) groups excluding carboxylic acids is 2. The van der Waals surface area contributed by atoms with E-state index in [9.17, 15) is 14.0 Å². The summed E-state index contributed by atoms with van der Waals surface area (Å²) in [5.74, 6) is -0.463. The molecular weight excluding hydrogens is 311 g/mol. The van der Waals surface area contributed by atoms with Crippen LogP contribution in [0.4, 0.5) is 15.8 Å². The number of carbonyl (C=O) groups is 2. The molecule has 0 saturated heterocycles. The van der Waals surface area contributed by atoms with Crippen LogP contribution in [0.25, 0.3) is 6.08 Å². The second-order valence-electron chi connectivity index (χ2n) is 4.97. The van der Waals surface area contributed by atoms with E-state index in [0.29, 0.717) is 22.7 Å². The number of hydrogen-bond acceptors (Lipinski definition) is 3. The van der Waals surface area contributed by atoms with Crippen LogP contribution < -0.4 is 15.4 Å². The van der Waals surface area contributed by atoms with Crippen molar-refractivity contribution >= 4 is 29.3 Å². The molecule has 0 aliphatic carbocycles. The largest absolute Gasteiger partial charge is 0.495 e. The van der Waals surface area contributed by atoms with E-state index >= 15 is 0 Å². The summed E-state index contributed by atoms with van der Waals surface area (Å²) in [6.45, 7) is 1.40. The zero-order chi connectivity index (χ0) is 17.5. The maximum absolute atomic E-state index is 12.8. The molecule has 0 fully saturated rings. The molecule has 0 saturated carbocycles. The molecule has 0 unspecified atom stereocenters. The molecule has 2 amide bonds. The maximum Gasteiger partial charge on any atom is 0.248 e. The lowest BCUT2D eigenvalue weighted by atomic mass is 10.2. The number of rotatable bonds is 5. The molecule has 2 N–H and O–H groups in total. The molecular formula is C18H17FN2O3. The number of nitrogens with one attached hydrogen (secondary N) is 2. The molecule has 0 radical (unpaired) electrons. The number of amides is 2. The summed E-state index contributed by atoms with van der Waals surface area (Å²) in [7, 11) is 1.48. The van der Waals surface area contributed by atoms with E-state index in [2.05, 4.69) is 10.6 Å². The zero-order valence-electron chi connectivity index (χ0n) is 13.3. The van der Waals surface area contributed by atoms with Gasteiger partial charge in [0.05, 0.1) is 12.8 Å². The van der Waals surface area contributed by atoms with E-state index in [1.165, 1.54) is 32.2 Å². The first kappa shape index (κ1) is 17.2. The number of halogens is 1. The van der Waals surface area contributed by atoms with Crippen LogP contribution in [0.3, 0.4) is 0 Å². The minimum Gasteiger partial charge on any atom is -0.495 e. The first-order valence-corrected chi connectivity index (χ1v) is 7.18. The highest BCUT2D eigenvalue weighted by molar-refractivity contribution is 6.03. The summed E-state index contributed by atoms with van der Waals surface area (Å²) in [4.78, 5) is 23.2. The zero-order valence-corrected chi connectivity index (χ0v) is 13.3. The van der Waals surface area contributed by atoms with Gasteiger partial charge < -0.3 is 15.4 Å². The van der Waals surface area contributed by atoms with Crippen molar-refractivity contribution in [3.05, 3.63) is 59.9 Å². The summed E-state index contributed by atoms with van der Waals surface area (Å²) in [6, 6.07) is 10.7. The lowest BCUT2D eigenvalue weighted by Crippen LogP contribution is -2.10. The Morgan fingerprint density at radius 1 is 1.08 bits per heavy atom. The Kier molecular flexibility index (Phi) is 5.68. The van der Waals surface area contributed by atoms with E-state index < -0.39 is 0 Å². The van der Waals surface area contributed by atoms with E-state index in [-0.39, 0.29) is 17.6 Å². The third-order valence-electron chi connectivity index (χ3n) is 3.07. The first-order chi connectivity index (χ1) is 11.5. The van der Waals surface area contributed by atoms with E-state index in [1.54, 1.807) is 36.4 Å². The Balaban J connectivity index is 2.12. The molecule has 0 aromatic heterocycles. The van der Waals surface area contributed by atoms with Gasteiger partial charge in [0.1, 0.15) is 11.6 Å². The molecule has 2 aromatic rings. The van der Waals surface area contributed by atoms with Gasteiger partial charge in [0, 0.05) is 18.7 Å². The highest BCUT2D eigenvalue weighted by Crippen LogP contribution is 2.27. The van der Waals surface area contributed by atoms with Crippen molar-refractivity contribution in [3.63, 3.8) is 0 Å². The van der Waals surface area contributed by atoms with Crippen LogP contribution in [0.2, 0.25) is 0 Å². The maximum atomic E-state index is 12.8. The van der Waals surface area contributed by atoms with Crippen LogP contribution in [0.5, 0.6) is 5.75 Å². The lowest BCUT2D eigenvalue weighted by molar-refractivity contribution is -0.114. The van der Waals surface area contributed by atoms with Gasteiger partial charge in [-0.2, -0.15) is 0 Å². The topological polar surface area (TPSA) is 67.4 Å². The Hall–Kier alpha value is -3.15. The van der Waals surface area contributed by atoms with Gasteiger partial charge in [-0.1, -0.05) is 12.1 Å². The fourth-order valence-electron chi connectivity index (χ4n) is 2.01. The number of ether oxygens (including phenoxy) is 1. The van der Waals surface area contributed by atoms with Crippen molar-refractivity contribution < 1.29 is 18.7 Å². The summed E-state index contributed by atoms with van der Waals surface area (Å²) in [5.41, 5.74) is 1.67. The Labute approximate surface area is 139 Å². The van der Waals surface area contributed by atoms with Gasteiger partial charge in [0.25, 0.3) is 0 Å². The monoisotopic (exact) mass is 328 g/mol. The molecule has 0 aliphatic rings. The first-order valence-electron chi connectivity index (χ1n) is 7.18. The van der Waals surface area contributed by atoms with Crippen molar-refractivity contribution in [2.75, 3.05) is 17.7 Å². The minimum atomic E-state index is -0.377. The van der Waals surface area contributed by atoms with Gasteiger partial charge >= 0.3 is 0 Å². The SMILES string of the molecule is COc1ccc(NC(C)=O)cc1NC(=O)/C=C/c1ccc(F)cc1. The summed E-state index contributed by atoms with van der Waals surface area (Å²) in [6.07, 6.45) is 2.90. The molecule has 24 heavy (non-hydrogen) atoms. The molecule has 0 bridgehead atoms. The molecule has 2 rings (SSSR count). The average Bonchev–Trinajstić information content (AvgIpc) is 2.54. The number of benzene rings is 2. The van der Waals surface area contributed by atoms with Gasteiger partial charge in [-0.05, 0) is 42.0 Å². The predicted molar refractivity (Wildman–Crippen MR) is 91.4 cm³/mol. The van der Waals surface area contributed by atoms with Crippen LogP contribution >= 0.6 is 0 Å². The molecule has 0 aliphatic heterocycles. The van der Waals surface area contributed by atoms with Crippen molar-refractivity contribution in [2.45, 2.75) is 6.92 Å². The number of anilines is 2. The Morgan fingerprint density at radius 3 is 2.42 bits per heavy atom. The fourth-order valence-corrected chi connectivity index (χ4v) is 2.01. The molecule has 124 valence electrons.